The predicted octanol–water partition coefficient (Wildman–Crippen LogP) is 2.77. The smallest absolute Gasteiger partial charge is 0.322 e. The lowest BCUT2D eigenvalue weighted by atomic mass is 10.2. The van der Waals surface area contributed by atoms with Crippen molar-refractivity contribution in [3.05, 3.63) is 42.2 Å². The first kappa shape index (κ1) is 16.6. The van der Waals surface area contributed by atoms with Gasteiger partial charge in [-0.3, -0.25) is 4.98 Å². The van der Waals surface area contributed by atoms with Gasteiger partial charge in [0.25, 0.3) is 0 Å². The highest BCUT2D eigenvalue weighted by molar-refractivity contribution is 5.55. The minimum Gasteiger partial charge on any atom is -0.493 e. The Kier molecular flexibility index (Phi) is 4.98. The highest BCUT2D eigenvalue weighted by Gasteiger charge is 2.14. The van der Waals surface area contributed by atoms with E-state index in [1.165, 1.54) is 0 Å². The first-order valence-electron chi connectivity index (χ1n) is 7.52. The first-order chi connectivity index (χ1) is 12.2. The molecule has 25 heavy (non-hydrogen) atoms. The van der Waals surface area contributed by atoms with E-state index in [-0.39, 0.29) is 0 Å². The molecule has 2 aromatic heterocycles. The third-order valence-electron chi connectivity index (χ3n) is 3.51. The average molecular weight is 342 g/mol. The fourth-order valence-electron chi connectivity index (χ4n) is 2.32. The van der Waals surface area contributed by atoms with Crippen molar-refractivity contribution >= 4 is 6.01 Å². The van der Waals surface area contributed by atoms with E-state index in [0.29, 0.717) is 35.6 Å². The molecular formula is C17H18N4O4. The highest BCUT2D eigenvalue weighted by atomic mass is 16.5. The number of ether oxygens (including phenoxy) is 3. The van der Waals surface area contributed by atoms with Gasteiger partial charge in [-0.2, -0.15) is 4.98 Å². The topological polar surface area (TPSA) is 91.5 Å². The van der Waals surface area contributed by atoms with Crippen molar-refractivity contribution in [2.45, 2.75) is 6.54 Å². The zero-order valence-electron chi connectivity index (χ0n) is 14.1. The number of benzene rings is 1. The Bertz CT molecular complexity index is 811. The molecule has 0 spiro atoms. The summed E-state index contributed by atoms with van der Waals surface area (Å²) in [7, 11) is 4.72. The third kappa shape index (κ3) is 3.63. The van der Waals surface area contributed by atoms with Gasteiger partial charge < -0.3 is 24.1 Å². The summed E-state index contributed by atoms with van der Waals surface area (Å²) in [6, 6.07) is 7.70. The van der Waals surface area contributed by atoms with Gasteiger partial charge in [0.1, 0.15) is 0 Å². The minimum atomic E-state index is 0.313. The number of nitrogens with zero attached hydrogens (tertiary/aromatic N) is 3. The summed E-state index contributed by atoms with van der Waals surface area (Å²) in [6.07, 6.45) is 3.36. The molecular weight excluding hydrogens is 324 g/mol. The van der Waals surface area contributed by atoms with Crippen LogP contribution in [0.2, 0.25) is 0 Å². The summed E-state index contributed by atoms with van der Waals surface area (Å²) in [4.78, 5) is 8.34. The average Bonchev–Trinajstić information content (AvgIpc) is 3.15. The van der Waals surface area contributed by atoms with E-state index in [9.17, 15) is 0 Å². The van der Waals surface area contributed by atoms with Crippen LogP contribution in [0.15, 0.2) is 41.2 Å². The molecule has 0 aliphatic rings. The molecule has 8 nitrogen and oxygen atoms in total. The predicted molar refractivity (Wildman–Crippen MR) is 91.0 cm³/mol. The number of nitrogens with one attached hydrogen (secondary N) is 1. The molecule has 0 amide bonds. The molecule has 2 heterocycles. The molecule has 0 saturated carbocycles. The van der Waals surface area contributed by atoms with Crippen LogP contribution < -0.4 is 19.5 Å². The highest BCUT2D eigenvalue weighted by Crippen LogP contribution is 2.38. The van der Waals surface area contributed by atoms with E-state index in [2.05, 4.69) is 20.4 Å². The Morgan fingerprint density at radius 2 is 1.84 bits per heavy atom. The van der Waals surface area contributed by atoms with Crippen LogP contribution in [0.3, 0.4) is 0 Å². The summed E-state index contributed by atoms with van der Waals surface area (Å²) in [5, 5.41) is 7.01. The van der Waals surface area contributed by atoms with Gasteiger partial charge in [0.05, 0.1) is 21.3 Å². The Balaban J connectivity index is 1.75. The summed E-state index contributed by atoms with van der Waals surface area (Å²) < 4.78 is 21.2. The van der Waals surface area contributed by atoms with Crippen molar-refractivity contribution in [1.82, 2.24) is 15.1 Å². The van der Waals surface area contributed by atoms with Gasteiger partial charge in [-0.1, -0.05) is 5.16 Å². The zero-order chi connectivity index (χ0) is 17.6. The van der Waals surface area contributed by atoms with Gasteiger partial charge >= 0.3 is 6.01 Å². The number of hydrogen-bond acceptors (Lipinski definition) is 8. The van der Waals surface area contributed by atoms with Gasteiger partial charge in [0, 0.05) is 24.5 Å². The third-order valence-corrected chi connectivity index (χ3v) is 3.51. The lowest BCUT2D eigenvalue weighted by Gasteiger charge is -2.14. The maximum absolute atomic E-state index is 5.34. The Labute approximate surface area is 144 Å². The van der Waals surface area contributed by atoms with Crippen molar-refractivity contribution in [3.63, 3.8) is 0 Å². The Morgan fingerprint density at radius 3 is 2.44 bits per heavy atom. The van der Waals surface area contributed by atoms with E-state index in [0.717, 1.165) is 11.1 Å². The van der Waals surface area contributed by atoms with Crippen LogP contribution in [0.1, 0.15) is 5.56 Å². The van der Waals surface area contributed by atoms with E-state index in [1.54, 1.807) is 33.7 Å². The summed E-state index contributed by atoms with van der Waals surface area (Å²) in [5.41, 5.74) is 1.70. The van der Waals surface area contributed by atoms with E-state index >= 15 is 0 Å². The maximum Gasteiger partial charge on any atom is 0.322 e. The van der Waals surface area contributed by atoms with Crippen LogP contribution in [-0.2, 0) is 6.54 Å². The van der Waals surface area contributed by atoms with Crippen LogP contribution >= 0.6 is 0 Å². The van der Waals surface area contributed by atoms with Gasteiger partial charge in [-0.15, -0.1) is 0 Å². The molecule has 0 aliphatic heterocycles. The molecule has 0 aliphatic carbocycles. The maximum atomic E-state index is 5.34. The molecule has 3 rings (SSSR count). The Hall–Kier alpha value is -3.29. The molecule has 0 bridgehead atoms. The second-order valence-corrected chi connectivity index (χ2v) is 5.05. The Morgan fingerprint density at radius 1 is 1.08 bits per heavy atom. The molecule has 1 N–H and O–H groups in total. The van der Waals surface area contributed by atoms with Crippen molar-refractivity contribution < 1.29 is 18.7 Å². The monoisotopic (exact) mass is 342 g/mol. The summed E-state index contributed by atoms with van der Waals surface area (Å²) in [5.74, 6) is 2.19. The number of rotatable bonds is 7. The number of anilines is 1. The van der Waals surface area contributed by atoms with Crippen LogP contribution in [0.4, 0.5) is 6.01 Å². The quantitative estimate of drug-likeness (QED) is 0.701. The lowest BCUT2D eigenvalue weighted by Crippen LogP contribution is -2.02. The molecule has 0 fully saturated rings. The number of pyridine rings is 1. The van der Waals surface area contributed by atoms with E-state index < -0.39 is 0 Å². The molecule has 8 heteroatoms. The minimum absolute atomic E-state index is 0.313. The molecule has 130 valence electrons. The molecule has 0 atom stereocenters. The van der Waals surface area contributed by atoms with Gasteiger partial charge in [-0.05, 0) is 29.8 Å². The summed E-state index contributed by atoms with van der Waals surface area (Å²) in [6.45, 7) is 0.450. The molecule has 0 radical (unpaired) electrons. The van der Waals surface area contributed by atoms with Crippen LogP contribution in [-0.4, -0.2) is 36.5 Å². The fraction of sp³-hybridized carbons (Fsp3) is 0.235. The van der Waals surface area contributed by atoms with Gasteiger partial charge in [0.2, 0.25) is 11.6 Å². The second-order valence-electron chi connectivity index (χ2n) is 5.05. The standard InChI is InChI=1S/C17H18N4O4/c1-22-13-7-11(8-14(23-2)15(13)24-3)9-19-17-20-16(21-25-17)12-5-4-6-18-10-12/h4-8,10H,9H2,1-3H3,(H,19,20,21). The zero-order valence-corrected chi connectivity index (χ0v) is 14.1. The molecule has 0 unspecified atom stereocenters. The molecule has 1 aromatic carbocycles. The van der Waals surface area contributed by atoms with E-state index in [1.807, 2.05) is 24.3 Å². The second kappa shape index (κ2) is 7.52. The summed E-state index contributed by atoms with van der Waals surface area (Å²) >= 11 is 0. The lowest BCUT2D eigenvalue weighted by molar-refractivity contribution is 0.324. The van der Waals surface area contributed by atoms with Crippen molar-refractivity contribution in [2.24, 2.45) is 0 Å². The van der Waals surface area contributed by atoms with Gasteiger partial charge in [0.15, 0.2) is 11.5 Å². The number of aromatic nitrogens is 3. The van der Waals surface area contributed by atoms with Crippen molar-refractivity contribution in [1.29, 1.82) is 0 Å². The SMILES string of the molecule is COc1cc(CNc2nc(-c3cccnc3)no2)cc(OC)c1OC. The van der Waals surface area contributed by atoms with Crippen LogP contribution in [0, 0.1) is 0 Å². The van der Waals surface area contributed by atoms with E-state index in [4.69, 9.17) is 18.7 Å². The first-order valence-corrected chi connectivity index (χ1v) is 7.52. The number of hydrogen-bond donors (Lipinski definition) is 1. The van der Waals surface area contributed by atoms with Crippen LogP contribution in [0.25, 0.3) is 11.4 Å². The largest absolute Gasteiger partial charge is 0.493 e. The molecule has 0 saturated heterocycles. The van der Waals surface area contributed by atoms with Crippen molar-refractivity contribution in [3.8, 4) is 28.6 Å². The normalized spacial score (nSPS) is 10.4. The van der Waals surface area contributed by atoms with Gasteiger partial charge in [-0.25, -0.2) is 0 Å². The van der Waals surface area contributed by atoms with Crippen molar-refractivity contribution in [2.75, 3.05) is 26.6 Å². The van der Waals surface area contributed by atoms with Crippen LogP contribution in [0.5, 0.6) is 17.2 Å². The molecule has 3 aromatic rings. The number of methoxy groups -OCH3 is 3. The fourth-order valence-corrected chi connectivity index (χ4v) is 2.32.